The Kier molecular flexibility index (Phi) is 6.05. The van der Waals surface area contributed by atoms with Gasteiger partial charge in [0.05, 0.1) is 6.54 Å². The van der Waals surface area contributed by atoms with Gasteiger partial charge in [0, 0.05) is 30.6 Å². The first-order valence-electron chi connectivity index (χ1n) is 8.78. The molecule has 1 aromatic rings. The summed E-state index contributed by atoms with van der Waals surface area (Å²) in [5.41, 5.74) is 1.85. The van der Waals surface area contributed by atoms with Gasteiger partial charge in [0.25, 0.3) is 0 Å². The van der Waals surface area contributed by atoms with E-state index in [2.05, 4.69) is 74.0 Å². The predicted molar refractivity (Wildman–Crippen MR) is 99.1 cm³/mol. The summed E-state index contributed by atoms with van der Waals surface area (Å²) < 4.78 is 0. The predicted octanol–water partition coefficient (Wildman–Crippen LogP) is 2.66. The summed E-state index contributed by atoms with van der Waals surface area (Å²) in [6, 6.07) is 10.8. The van der Waals surface area contributed by atoms with E-state index in [0.717, 1.165) is 32.1 Å². The van der Waals surface area contributed by atoms with Crippen LogP contribution in [-0.4, -0.2) is 37.7 Å². The van der Waals surface area contributed by atoms with Crippen LogP contribution in [0.4, 0.5) is 0 Å². The highest BCUT2D eigenvalue weighted by atomic mass is 15.2. The molecule has 1 aromatic carbocycles. The van der Waals surface area contributed by atoms with E-state index in [-0.39, 0.29) is 11.0 Å². The number of hydrogen-bond acceptors (Lipinski definition) is 2. The zero-order valence-electron chi connectivity index (χ0n) is 15.1. The first-order chi connectivity index (χ1) is 11.0. The average Bonchev–Trinajstić information content (AvgIpc) is 3.30. The minimum atomic E-state index is 0.155. The van der Waals surface area contributed by atoms with Gasteiger partial charge in [-0.1, -0.05) is 30.3 Å². The number of rotatable bonds is 7. The summed E-state index contributed by atoms with van der Waals surface area (Å²) in [6.07, 6.45) is 2.48. The zero-order valence-corrected chi connectivity index (χ0v) is 15.1. The fourth-order valence-electron chi connectivity index (χ4n) is 2.67. The van der Waals surface area contributed by atoms with Crippen molar-refractivity contribution in [1.29, 1.82) is 0 Å². The Morgan fingerprint density at radius 3 is 2.35 bits per heavy atom. The zero-order chi connectivity index (χ0) is 16.8. The van der Waals surface area contributed by atoms with Crippen molar-refractivity contribution >= 4 is 5.96 Å². The lowest BCUT2D eigenvalue weighted by molar-refractivity contribution is 0.428. The largest absolute Gasteiger partial charge is 0.357 e. The number of hydrogen-bond donors (Lipinski definition) is 3. The Morgan fingerprint density at radius 2 is 1.78 bits per heavy atom. The Labute approximate surface area is 141 Å². The third kappa shape index (κ3) is 5.87. The summed E-state index contributed by atoms with van der Waals surface area (Å²) in [5.74, 6) is 0.922. The molecule has 1 saturated carbocycles. The number of nitrogens with zero attached hydrogens (tertiary/aromatic N) is 1. The van der Waals surface area contributed by atoms with E-state index in [0.29, 0.717) is 0 Å². The van der Waals surface area contributed by atoms with Crippen LogP contribution in [0.15, 0.2) is 35.3 Å². The maximum atomic E-state index is 4.82. The van der Waals surface area contributed by atoms with Crippen LogP contribution >= 0.6 is 0 Å². The SMILES string of the molecule is CCNC(=NCC1(c2ccccc2)CC1)NCCNC(C)(C)C. The highest BCUT2D eigenvalue weighted by molar-refractivity contribution is 5.79. The normalized spacial score (nSPS) is 17.0. The van der Waals surface area contributed by atoms with E-state index in [1.54, 1.807) is 0 Å². The van der Waals surface area contributed by atoms with E-state index in [9.17, 15) is 0 Å². The van der Waals surface area contributed by atoms with Gasteiger partial charge in [-0.3, -0.25) is 4.99 Å². The molecule has 23 heavy (non-hydrogen) atoms. The monoisotopic (exact) mass is 316 g/mol. The van der Waals surface area contributed by atoms with Crippen LogP contribution in [0.1, 0.15) is 46.1 Å². The molecule has 0 amide bonds. The van der Waals surface area contributed by atoms with Crippen molar-refractivity contribution in [3.63, 3.8) is 0 Å². The molecule has 0 bridgehead atoms. The van der Waals surface area contributed by atoms with Gasteiger partial charge < -0.3 is 16.0 Å². The number of nitrogens with one attached hydrogen (secondary N) is 3. The van der Waals surface area contributed by atoms with Crippen molar-refractivity contribution in [3.05, 3.63) is 35.9 Å². The third-order valence-electron chi connectivity index (χ3n) is 4.20. The number of aliphatic imine (C=N–C) groups is 1. The fourth-order valence-corrected chi connectivity index (χ4v) is 2.67. The molecule has 1 aliphatic rings. The summed E-state index contributed by atoms with van der Waals surface area (Å²) in [7, 11) is 0. The molecular weight excluding hydrogens is 284 g/mol. The van der Waals surface area contributed by atoms with Crippen molar-refractivity contribution in [2.24, 2.45) is 4.99 Å². The molecule has 4 nitrogen and oxygen atoms in total. The van der Waals surface area contributed by atoms with Crippen LogP contribution in [0.25, 0.3) is 0 Å². The molecule has 3 N–H and O–H groups in total. The highest BCUT2D eigenvalue weighted by Gasteiger charge is 2.43. The van der Waals surface area contributed by atoms with Crippen molar-refractivity contribution in [2.45, 2.75) is 51.5 Å². The van der Waals surface area contributed by atoms with Gasteiger partial charge in [0.15, 0.2) is 5.96 Å². The van der Waals surface area contributed by atoms with E-state index in [4.69, 9.17) is 4.99 Å². The molecule has 0 atom stereocenters. The van der Waals surface area contributed by atoms with Gasteiger partial charge in [0.2, 0.25) is 0 Å². The Balaban J connectivity index is 1.86. The molecule has 0 unspecified atom stereocenters. The Morgan fingerprint density at radius 1 is 1.09 bits per heavy atom. The van der Waals surface area contributed by atoms with Crippen LogP contribution in [-0.2, 0) is 5.41 Å². The van der Waals surface area contributed by atoms with Crippen LogP contribution < -0.4 is 16.0 Å². The lowest BCUT2D eigenvalue weighted by Gasteiger charge is -2.21. The first-order valence-corrected chi connectivity index (χ1v) is 8.78. The number of guanidine groups is 1. The Hall–Kier alpha value is -1.55. The molecule has 0 spiro atoms. The fraction of sp³-hybridized carbons (Fsp3) is 0.632. The van der Waals surface area contributed by atoms with E-state index < -0.39 is 0 Å². The third-order valence-corrected chi connectivity index (χ3v) is 4.20. The lowest BCUT2D eigenvalue weighted by atomic mass is 9.96. The summed E-state index contributed by atoms with van der Waals surface area (Å²) in [4.78, 5) is 4.82. The second kappa shape index (κ2) is 7.82. The van der Waals surface area contributed by atoms with Gasteiger partial charge in [-0.2, -0.15) is 0 Å². The summed E-state index contributed by atoms with van der Waals surface area (Å²) in [5, 5.41) is 10.2. The van der Waals surface area contributed by atoms with E-state index >= 15 is 0 Å². The van der Waals surface area contributed by atoms with Gasteiger partial charge in [-0.25, -0.2) is 0 Å². The van der Waals surface area contributed by atoms with Crippen LogP contribution in [0.3, 0.4) is 0 Å². The van der Waals surface area contributed by atoms with Gasteiger partial charge in [-0.05, 0) is 46.1 Å². The van der Waals surface area contributed by atoms with E-state index in [1.807, 2.05) is 0 Å². The van der Waals surface area contributed by atoms with Crippen molar-refractivity contribution in [3.8, 4) is 0 Å². The highest BCUT2D eigenvalue weighted by Crippen LogP contribution is 2.48. The van der Waals surface area contributed by atoms with Crippen molar-refractivity contribution in [2.75, 3.05) is 26.2 Å². The minimum absolute atomic E-state index is 0.155. The van der Waals surface area contributed by atoms with Crippen LogP contribution in [0.5, 0.6) is 0 Å². The molecule has 2 rings (SSSR count). The maximum Gasteiger partial charge on any atom is 0.191 e. The molecule has 128 valence electrons. The molecule has 0 radical (unpaired) electrons. The lowest BCUT2D eigenvalue weighted by Crippen LogP contribution is -2.44. The minimum Gasteiger partial charge on any atom is -0.357 e. The summed E-state index contributed by atoms with van der Waals surface area (Å²) in [6.45, 7) is 12.2. The standard InChI is InChI=1S/C19H32N4/c1-5-20-17(21-13-14-23-18(2,3)4)22-15-19(11-12-19)16-9-7-6-8-10-16/h6-10,23H,5,11-15H2,1-4H3,(H2,20,21,22). The average molecular weight is 316 g/mol. The van der Waals surface area contributed by atoms with Crippen LogP contribution in [0, 0.1) is 0 Å². The van der Waals surface area contributed by atoms with E-state index in [1.165, 1.54) is 18.4 Å². The molecule has 0 aliphatic heterocycles. The second-order valence-corrected chi connectivity index (χ2v) is 7.45. The van der Waals surface area contributed by atoms with Crippen LogP contribution in [0.2, 0.25) is 0 Å². The molecule has 4 heteroatoms. The quantitative estimate of drug-likeness (QED) is 0.412. The molecule has 0 aromatic heterocycles. The summed E-state index contributed by atoms with van der Waals surface area (Å²) >= 11 is 0. The first kappa shape index (κ1) is 17.8. The second-order valence-electron chi connectivity index (χ2n) is 7.45. The molecule has 1 fully saturated rings. The Bertz CT molecular complexity index is 498. The molecule has 0 saturated heterocycles. The van der Waals surface area contributed by atoms with Crippen molar-refractivity contribution in [1.82, 2.24) is 16.0 Å². The molecular formula is C19H32N4. The smallest absolute Gasteiger partial charge is 0.191 e. The van der Waals surface area contributed by atoms with Gasteiger partial charge in [0.1, 0.15) is 0 Å². The number of benzene rings is 1. The van der Waals surface area contributed by atoms with Gasteiger partial charge >= 0.3 is 0 Å². The maximum absolute atomic E-state index is 4.82. The van der Waals surface area contributed by atoms with Gasteiger partial charge in [-0.15, -0.1) is 0 Å². The topological polar surface area (TPSA) is 48.5 Å². The molecule has 1 aliphatic carbocycles. The molecule has 0 heterocycles. The van der Waals surface area contributed by atoms with Crippen molar-refractivity contribution < 1.29 is 0 Å².